The molecule has 5 nitrogen and oxygen atoms in total. The van der Waals surface area contributed by atoms with Crippen molar-refractivity contribution >= 4 is 17.2 Å². The van der Waals surface area contributed by atoms with Gasteiger partial charge in [-0.3, -0.25) is 14.3 Å². The molecule has 0 aliphatic heterocycles. The van der Waals surface area contributed by atoms with E-state index < -0.39 is 11.3 Å². The minimum Gasteiger partial charge on any atom is -0.369 e. The van der Waals surface area contributed by atoms with Crippen LogP contribution in [0.15, 0.2) is 4.99 Å². The van der Waals surface area contributed by atoms with Crippen molar-refractivity contribution in [3.63, 3.8) is 0 Å². The molecule has 0 amide bonds. The predicted molar refractivity (Wildman–Crippen MR) is 31.5 cm³/mol. The van der Waals surface area contributed by atoms with E-state index in [1.54, 1.807) is 0 Å². The van der Waals surface area contributed by atoms with E-state index in [2.05, 4.69) is 4.99 Å². The van der Waals surface area contributed by atoms with Crippen molar-refractivity contribution in [3.05, 3.63) is 0 Å². The Morgan fingerprint density at radius 3 is 2.62 bits per heavy atom. The Hall–Kier alpha value is -0.620. The molecule has 0 aromatic rings. The van der Waals surface area contributed by atoms with Gasteiger partial charge in [0.15, 0.2) is 0 Å². The van der Waals surface area contributed by atoms with Gasteiger partial charge in [-0.1, -0.05) is 0 Å². The third-order valence-electron chi connectivity index (χ3n) is 0.433. The second-order valence-corrected chi connectivity index (χ2v) is 1.66. The van der Waals surface area contributed by atoms with E-state index in [-0.39, 0.29) is 5.96 Å². The third kappa shape index (κ3) is 3.57. The first-order chi connectivity index (χ1) is 3.66. The van der Waals surface area contributed by atoms with Crippen LogP contribution in [-0.4, -0.2) is 21.8 Å². The summed E-state index contributed by atoms with van der Waals surface area (Å²) >= 11 is -2.10. The van der Waals surface area contributed by atoms with Crippen LogP contribution < -0.4 is 10.5 Å². The Bertz CT molecular complexity index is 122. The van der Waals surface area contributed by atoms with E-state index in [1.165, 1.54) is 7.05 Å². The van der Waals surface area contributed by atoms with Crippen molar-refractivity contribution in [1.82, 2.24) is 4.72 Å². The van der Waals surface area contributed by atoms with Crippen LogP contribution in [0.25, 0.3) is 0 Å². The lowest BCUT2D eigenvalue weighted by Crippen LogP contribution is -2.32. The Balaban J connectivity index is 3.56. The van der Waals surface area contributed by atoms with Gasteiger partial charge in [0, 0.05) is 7.05 Å². The highest BCUT2D eigenvalue weighted by molar-refractivity contribution is 7.77. The van der Waals surface area contributed by atoms with Crippen LogP contribution in [-0.2, 0) is 11.3 Å². The van der Waals surface area contributed by atoms with Crippen molar-refractivity contribution in [2.24, 2.45) is 10.7 Å². The van der Waals surface area contributed by atoms with Gasteiger partial charge in [0.05, 0.1) is 0 Å². The fraction of sp³-hybridized carbons (Fsp3) is 0.500. The number of nitrogens with zero attached hydrogens (tertiary/aromatic N) is 1. The maximum absolute atomic E-state index is 9.81. The fourth-order valence-electron chi connectivity index (χ4n) is 0.135. The van der Waals surface area contributed by atoms with E-state index in [0.717, 1.165) is 0 Å². The molecule has 1 atom stereocenters. The van der Waals surface area contributed by atoms with Crippen molar-refractivity contribution in [2.45, 2.75) is 0 Å². The quantitative estimate of drug-likeness (QED) is 0.237. The van der Waals surface area contributed by atoms with Crippen LogP contribution in [0.4, 0.5) is 0 Å². The fourth-order valence-corrected chi connectivity index (χ4v) is 0.405. The Kier molecular flexibility index (Phi) is 3.13. The Morgan fingerprint density at radius 1 is 2.00 bits per heavy atom. The highest BCUT2D eigenvalue weighted by atomic mass is 32.2. The molecule has 0 aromatic heterocycles. The van der Waals surface area contributed by atoms with Gasteiger partial charge in [-0.25, -0.2) is 4.21 Å². The molecule has 1 unspecified atom stereocenters. The van der Waals surface area contributed by atoms with E-state index in [1.807, 2.05) is 4.72 Å². The minimum absolute atomic E-state index is 0.0502. The summed E-state index contributed by atoms with van der Waals surface area (Å²) in [6, 6.07) is 0. The van der Waals surface area contributed by atoms with Gasteiger partial charge in [-0.15, -0.1) is 0 Å². The lowest BCUT2D eigenvalue weighted by Gasteiger charge is -1.94. The van der Waals surface area contributed by atoms with Crippen LogP contribution in [0.1, 0.15) is 0 Å². The van der Waals surface area contributed by atoms with E-state index >= 15 is 0 Å². The number of hydrogen-bond acceptors (Lipinski definition) is 2. The molecule has 4 N–H and O–H groups in total. The predicted octanol–water partition coefficient (Wildman–Crippen LogP) is -1.34. The SMILES string of the molecule is CN=C(N)NS(=O)O. The maximum atomic E-state index is 9.81. The highest BCUT2D eigenvalue weighted by Crippen LogP contribution is 1.61. The highest BCUT2D eigenvalue weighted by Gasteiger charge is 1.89. The van der Waals surface area contributed by atoms with Gasteiger partial charge < -0.3 is 5.73 Å². The van der Waals surface area contributed by atoms with Crippen LogP contribution >= 0.6 is 0 Å². The van der Waals surface area contributed by atoms with Gasteiger partial charge in [0.25, 0.3) is 11.3 Å². The summed E-state index contributed by atoms with van der Waals surface area (Å²) in [5.74, 6) is -0.0502. The third-order valence-corrected chi connectivity index (χ3v) is 0.817. The molecule has 0 rings (SSSR count). The average Bonchev–Trinajstić information content (AvgIpc) is 1.65. The first kappa shape index (κ1) is 7.38. The van der Waals surface area contributed by atoms with Crippen LogP contribution in [0.2, 0.25) is 0 Å². The number of hydrogen-bond donors (Lipinski definition) is 3. The molecule has 0 heterocycles. The molecule has 0 fully saturated rings. The summed E-state index contributed by atoms with van der Waals surface area (Å²) in [7, 11) is 1.41. The summed E-state index contributed by atoms with van der Waals surface area (Å²) in [5, 5.41) is 0. The number of nitrogens with two attached hydrogens (primary N) is 1. The smallest absolute Gasteiger partial charge is 0.261 e. The first-order valence-corrected chi connectivity index (χ1v) is 2.87. The van der Waals surface area contributed by atoms with E-state index in [4.69, 9.17) is 10.3 Å². The Morgan fingerprint density at radius 2 is 2.50 bits per heavy atom. The number of nitrogens with one attached hydrogen (secondary N) is 1. The zero-order chi connectivity index (χ0) is 6.57. The van der Waals surface area contributed by atoms with E-state index in [0.29, 0.717) is 0 Å². The molecule has 0 saturated heterocycles. The monoisotopic (exact) mass is 137 g/mol. The standard InChI is InChI=1S/C2H7N3O2S/c1-4-2(3)5-8(6)7/h1H3,(H,6,7)(H3,3,4,5). The van der Waals surface area contributed by atoms with Crippen molar-refractivity contribution in [2.75, 3.05) is 7.05 Å². The molecule has 0 aliphatic rings. The molecule has 48 valence electrons. The zero-order valence-electron chi connectivity index (χ0n) is 4.29. The summed E-state index contributed by atoms with van der Waals surface area (Å²) in [4.78, 5) is 3.36. The lowest BCUT2D eigenvalue weighted by molar-refractivity contribution is 0.560. The maximum Gasteiger partial charge on any atom is 0.261 e. The zero-order valence-corrected chi connectivity index (χ0v) is 5.10. The van der Waals surface area contributed by atoms with Gasteiger partial charge >= 0.3 is 0 Å². The van der Waals surface area contributed by atoms with Crippen LogP contribution in [0.5, 0.6) is 0 Å². The largest absolute Gasteiger partial charge is 0.369 e. The molecule has 0 aromatic carbocycles. The molecule has 6 heteroatoms. The first-order valence-electron chi connectivity index (χ1n) is 1.76. The second kappa shape index (κ2) is 3.39. The summed E-state index contributed by atoms with van der Waals surface area (Å²) in [5.41, 5.74) is 4.96. The van der Waals surface area contributed by atoms with Crippen LogP contribution in [0.3, 0.4) is 0 Å². The van der Waals surface area contributed by atoms with Gasteiger partial charge in [-0.05, 0) is 0 Å². The number of rotatable bonds is 1. The van der Waals surface area contributed by atoms with Gasteiger partial charge in [0.1, 0.15) is 0 Å². The van der Waals surface area contributed by atoms with Crippen molar-refractivity contribution in [1.29, 1.82) is 0 Å². The number of guanidine groups is 1. The second-order valence-electron chi connectivity index (χ2n) is 0.960. The molecule has 8 heavy (non-hydrogen) atoms. The summed E-state index contributed by atoms with van der Waals surface area (Å²) < 4.78 is 19.8. The number of aliphatic imine (C=N–C) groups is 1. The topological polar surface area (TPSA) is 87.7 Å². The summed E-state index contributed by atoms with van der Waals surface area (Å²) in [6.45, 7) is 0. The van der Waals surface area contributed by atoms with Gasteiger partial charge in [0.2, 0.25) is 5.96 Å². The summed E-state index contributed by atoms with van der Waals surface area (Å²) in [6.07, 6.45) is 0. The lowest BCUT2D eigenvalue weighted by atomic mass is 11.1. The Labute approximate surface area is 49.4 Å². The molecule has 0 spiro atoms. The van der Waals surface area contributed by atoms with Crippen LogP contribution in [0, 0.1) is 0 Å². The van der Waals surface area contributed by atoms with Crippen molar-refractivity contribution in [3.8, 4) is 0 Å². The molecular weight excluding hydrogens is 130 g/mol. The average molecular weight is 137 g/mol. The van der Waals surface area contributed by atoms with Crippen molar-refractivity contribution < 1.29 is 8.76 Å². The molecule has 0 bridgehead atoms. The van der Waals surface area contributed by atoms with E-state index in [9.17, 15) is 4.21 Å². The molecular formula is C2H7N3O2S. The van der Waals surface area contributed by atoms with Gasteiger partial charge in [-0.2, -0.15) is 0 Å². The molecule has 0 radical (unpaired) electrons. The molecule has 0 aliphatic carbocycles. The minimum atomic E-state index is -2.10. The normalized spacial score (nSPS) is 15.5. The molecule has 0 saturated carbocycles.